The van der Waals surface area contributed by atoms with Crippen LogP contribution in [0.25, 0.3) is 4.96 Å². The van der Waals surface area contributed by atoms with Crippen molar-refractivity contribution in [3.05, 3.63) is 28.0 Å². The molecule has 1 fully saturated rings. The second-order valence-corrected chi connectivity index (χ2v) is 5.37. The fraction of sp³-hybridized carbons (Fsp3) is 0.455. The lowest BCUT2D eigenvalue weighted by atomic mass is 10.1. The molecule has 108 valence electrons. The first-order chi connectivity index (χ1) is 9.54. The van der Waals surface area contributed by atoms with Crippen LogP contribution < -0.4 is 10.1 Å². The highest BCUT2D eigenvalue weighted by Gasteiger charge is 2.47. The number of fused-ring (bicyclic) bond motifs is 1. The summed E-state index contributed by atoms with van der Waals surface area (Å²) in [4.78, 5) is 12.0. The van der Waals surface area contributed by atoms with Crippen LogP contribution in [0.5, 0.6) is 5.88 Å². The molecule has 4 atom stereocenters. The molecule has 0 aromatic carbocycles. The van der Waals surface area contributed by atoms with Gasteiger partial charge in [0.25, 0.3) is 5.88 Å². The van der Waals surface area contributed by atoms with E-state index in [1.54, 1.807) is 5.38 Å². The van der Waals surface area contributed by atoms with E-state index >= 15 is 0 Å². The Morgan fingerprint density at radius 2 is 2.15 bits per heavy atom. The Labute approximate surface area is 116 Å². The van der Waals surface area contributed by atoms with Crippen LogP contribution in [0.2, 0.25) is 0 Å². The van der Waals surface area contributed by atoms with Gasteiger partial charge in [0.1, 0.15) is 30.6 Å². The molecule has 9 heteroatoms. The first-order valence-corrected chi connectivity index (χ1v) is 6.78. The van der Waals surface area contributed by atoms with Crippen molar-refractivity contribution in [1.82, 2.24) is 4.40 Å². The standard InChI is InChI=1S/C11H12N2O6S/c14-4-5-8(17)9(18)10(19-5)13-7(16)3-6(15)12-1-2-20-11(12)13/h1-3,5,8-10,14,17-18H,4H2/p+1. The van der Waals surface area contributed by atoms with Crippen LogP contribution in [0.3, 0.4) is 0 Å². The maximum Gasteiger partial charge on any atom is 0.353 e. The number of hydrogen-bond donors (Lipinski definition) is 4. The maximum absolute atomic E-state index is 11.7. The van der Waals surface area contributed by atoms with Crippen LogP contribution in [0, 0.1) is 0 Å². The van der Waals surface area contributed by atoms with Crippen LogP contribution in [0.4, 0.5) is 0 Å². The summed E-state index contributed by atoms with van der Waals surface area (Å²) in [5.74, 6) is -0.382. The SMILES string of the molecule is O=c1cc(O)[n+](C2OC(CO)C(O)C2O)c2sccn12. The van der Waals surface area contributed by atoms with Gasteiger partial charge < -0.3 is 25.2 Å². The fourth-order valence-electron chi connectivity index (χ4n) is 2.29. The highest BCUT2D eigenvalue weighted by molar-refractivity contribution is 7.14. The molecule has 4 unspecified atom stereocenters. The molecule has 0 saturated carbocycles. The molecule has 0 bridgehead atoms. The van der Waals surface area contributed by atoms with E-state index in [1.807, 2.05) is 0 Å². The normalized spacial score (nSPS) is 30.1. The van der Waals surface area contributed by atoms with E-state index in [0.717, 1.165) is 6.07 Å². The highest BCUT2D eigenvalue weighted by Crippen LogP contribution is 2.27. The van der Waals surface area contributed by atoms with Crippen LogP contribution in [0.15, 0.2) is 22.4 Å². The molecular formula is C11H13N2O6S+. The predicted octanol–water partition coefficient (Wildman–Crippen LogP) is -2.03. The van der Waals surface area contributed by atoms with E-state index in [-0.39, 0.29) is 5.88 Å². The lowest BCUT2D eigenvalue weighted by Crippen LogP contribution is -2.48. The van der Waals surface area contributed by atoms with Crippen molar-refractivity contribution in [2.45, 2.75) is 24.5 Å². The molecule has 2 aromatic heterocycles. The summed E-state index contributed by atoms with van der Waals surface area (Å²) < 4.78 is 7.87. The zero-order chi connectivity index (χ0) is 14.4. The van der Waals surface area contributed by atoms with Crippen molar-refractivity contribution in [2.24, 2.45) is 0 Å². The van der Waals surface area contributed by atoms with Crippen molar-refractivity contribution in [2.75, 3.05) is 6.61 Å². The summed E-state index contributed by atoms with van der Waals surface area (Å²) in [7, 11) is 0. The molecule has 0 aliphatic carbocycles. The number of aromatic hydroxyl groups is 1. The smallest absolute Gasteiger partial charge is 0.353 e. The summed E-state index contributed by atoms with van der Waals surface area (Å²) in [6, 6.07) is 0.994. The first-order valence-electron chi connectivity index (χ1n) is 5.90. The quantitative estimate of drug-likeness (QED) is 0.475. The van der Waals surface area contributed by atoms with Gasteiger partial charge in [0.05, 0.1) is 6.61 Å². The molecular weight excluding hydrogens is 288 g/mol. The average Bonchev–Trinajstić information content (AvgIpc) is 2.99. The number of hydrogen-bond acceptors (Lipinski definition) is 7. The average molecular weight is 301 g/mol. The number of aliphatic hydroxyl groups excluding tert-OH is 3. The van der Waals surface area contributed by atoms with Gasteiger partial charge >= 0.3 is 10.5 Å². The van der Waals surface area contributed by atoms with Gasteiger partial charge in [-0.25, -0.2) is 4.79 Å². The molecule has 0 radical (unpaired) electrons. The zero-order valence-corrected chi connectivity index (χ0v) is 11.0. The third-order valence-corrected chi connectivity index (χ3v) is 4.17. The molecule has 4 N–H and O–H groups in total. The minimum absolute atomic E-state index is 0.352. The molecule has 1 saturated heterocycles. The number of aromatic nitrogens is 2. The molecule has 0 spiro atoms. The minimum atomic E-state index is -1.33. The number of ether oxygens (including phenoxy) is 1. The van der Waals surface area contributed by atoms with Gasteiger partial charge in [-0.3, -0.25) is 0 Å². The largest absolute Gasteiger partial charge is 0.477 e. The molecule has 8 nitrogen and oxygen atoms in total. The Hall–Kier alpha value is -1.52. The fourth-order valence-corrected chi connectivity index (χ4v) is 3.17. The molecule has 3 rings (SSSR count). The second kappa shape index (κ2) is 4.79. The van der Waals surface area contributed by atoms with E-state index in [4.69, 9.17) is 9.84 Å². The number of aliphatic hydroxyl groups is 3. The van der Waals surface area contributed by atoms with E-state index in [0.29, 0.717) is 4.96 Å². The number of rotatable bonds is 2. The topological polar surface area (TPSA) is 116 Å². The maximum atomic E-state index is 11.7. The van der Waals surface area contributed by atoms with Crippen molar-refractivity contribution in [3.8, 4) is 5.88 Å². The van der Waals surface area contributed by atoms with Crippen LogP contribution >= 0.6 is 11.3 Å². The summed E-state index contributed by atoms with van der Waals surface area (Å²) in [6.07, 6.45) is -3.11. The molecule has 1 aliphatic heterocycles. The van der Waals surface area contributed by atoms with Crippen molar-refractivity contribution >= 4 is 16.3 Å². The van der Waals surface area contributed by atoms with Gasteiger partial charge in [-0.2, -0.15) is 8.97 Å². The molecule has 0 amide bonds. The monoisotopic (exact) mass is 301 g/mol. The Kier molecular flexibility index (Phi) is 3.22. The predicted molar refractivity (Wildman–Crippen MR) is 66.4 cm³/mol. The Bertz CT molecular complexity index is 698. The highest BCUT2D eigenvalue weighted by atomic mass is 32.1. The van der Waals surface area contributed by atoms with Crippen molar-refractivity contribution in [3.63, 3.8) is 0 Å². The summed E-state index contributed by atoms with van der Waals surface area (Å²) in [5.41, 5.74) is -0.415. The van der Waals surface area contributed by atoms with Gasteiger partial charge in [0.15, 0.2) is 0 Å². The molecule has 1 aliphatic rings. The van der Waals surface area contributed by atoms with Gasteiger partial charge in [0, 0.05) is 5.38 Å². The first kappa shape index (κ1) is 13.5. The Balaban J connectivity index is 2.16. The lowest BCUT2D eigenvalue weighted by molar-refractivity contribution is -0.749. The third-order valence-electron chi connectivity index (χ3n) is 3.30. The van der Waals surface area contributed by atoms with E-state index in [2.05, 4.69) is 0 Å². The van der Waals surface area contributed by atoms with Gasteiger partial charge in [-0.15, -0.1) is 0 Å². The van der Waals surface area contributed by atoms with Gasteiger partial charge in [0.2, 0.25) is 6.23 Å². The summed E-state index contributed by atoms with van der Waals surface area (Å²) >= 11 is 1.17. The van der Waals surface area contributed by atoms with Crippen LogP contribution in [0.1, 0.15) is 6.23 Å². The zero-order valence-electron chi connectivity index (χ0n) is 10.2. The van der Waals surface area contributed by atoms with E-state index in [9.17, 15) is 20.1 Å². The summed E-state index contributed by atoms with van der Waals surface area (Å²) in [5, 5.41) is 40.4. The Morgan fingerprint density at radius 3 is 2.80 bits per heavy atom. The van der Waals surface area contributed by atoms with Crippen molar-refractivity contribution < 1.29 is 29.7 Å². The molecule has 20 heavy (non-hydrogen) atoms. The second-order valence-electron chi connectivity index (χ2n) is 4.50. The van der Waals surface area contributed by atoms with Gasteiger partial charge in [-0.1, -0.05) is 11.3 Å². The van der Waals surface area contributed by atoms with Crippen LogP contribution in [-0.2, 0) is 4.74 Å². The molecule has 3 heterocycles. The van der Waals surface area contributed by atoms with Crippen molar-refractivity contribution in [1.29, 1.82) is 0 Å². The van der Waals surface area contributed by atoms with E-state index in [1.165, 1.54) is 26.5 Å². The van der Waals surface area contributed by atoms with E-state index < -0.39 is 36.7 Å². The van der Waals surface area contributed by atoms with Gasteiger partial charge in [-0.05, 0) is 0 Å². The van der Waals surface area contributed by atoms with Crippen LogP contribution in [-0.4, -0.2) is 49.7 Å². The molecule has 2 aromatic rings. The third kappa shape index (κ3) is 1.83. The summed E-state index contributed by atoms with van der Waals surface area (Å²) in [6.45, 7) is -0.462. The number of thiazole rings is 1. The minimum Gasteiger partial charge on any atom is -0.477 e. The number of nitrogens with zero attached hydrogens (tertiary/aromatic N) is 2. The Morgan fingerprint density at radius 1 is 1.40 bits per heavy atom. The lowest BCUT2D eigenvalue weighted by Gasteiger charge is -2.14.